The number of carbonyl (C=O) groups excluding carboxylic acids is 3. The summed E-state index contributed by atoms with van der Waals surface area (Å²) in [4.78, 5) is 59.7. The van der Waals surface area contributed by atoms with Crippen molar-refractivity contribution in [2.24, 2.45) is 29.6 Å². The van der Waals surface area contributed by atoms with Crippen LogP contribution in [-0.2, 0) is 20.6 Å². The molecule has 2 aromatic carbocycles. The van der Waals surface area contributed by atoms with Gasteiger partial charge in [0.15, 0.2) is 6.61 Å². The molecule has 1 aromatic heterocycles. The van der Waals surface area contributed by atoms with E-state index in [1.807, 2.05) is 0 Å². The number of benzene rings is 2. The van der Waals surface area contributed by atoms with Crippen molar-refractivity contribution in [1.82, 2.24) is 9.88 Å². The van der Waals surface area contributed by atoms with E-state index in [2.05, 4.69) is 4.98 Å². The molecule has 4 heterocycles. The number of alkyl halides is 3. The number of nitrogens with zero attached hydrogens (tertiary/aromatic N) is 2. The van der Waals surface area contributed by atoms with Crippen molar-refractivity contribution in [2.75, 3.05) is 24.6 Å². The summed E-state index contributed by atoms with van der Waals surface area (Å²) < 4.78 is 48.2. The lowest BCUT2D eigenvalue weighted by Gasteiger charge is -2.43. The smallest absolute Gasteiger partial charge is 0.418 e. The Morgan fingerprint density at radius 3 is 2.47 bits per heavy atom. The summed E-state index contributed by atoms with van der Waals surface area (Å²) in [5.74, 6) is -3.76. The van der Waals surface area contributed by atoms with Crippen molar-refractivity contribution < 1.29 is 32.3 Å². The topological polar surface area (TPSA) is 99.8 Å². The number of piperidine rings is 1. The highest BCUT2D eigenvalue weighted by Gasteiger charge is 2.70. The normalized spacial score (nSPS) is 29.6. The van der Waals surface area contributed by atoms with Gasteiger partial charge in [0.25, 0.3) is 5.91 Å². The Morgan fingerprint density at radius 1 is 1.00 bits per heavy atom. The molecule has 2 saturated carbocycles. The first-order chi connectivity index (χ1) is 22.5. The van der Waals surface area contributed by atoms with Crippen molar-refractivity contribution in [2.45, 2.75) is 48.1 Å². The van der Waals surface area contributed by atoms with Crippen LogP contribution in [0.25, 0.3) is 0 Å². The molecule has 3 aliphatic heterocycles. The fourth-order valence-electron chi connectivity index (χ4n) is 8.78. The van der Waals surface area contributed by atoms with Crippen LogP contribution in [0.5, 0.6) is 5.75 Å². The molecule has 6 unspecified atom stereocenters. The SMILES string of the molecule is O=C(COc1ccc(Cl)cc1[C@H]1c2sc(=O)[nH]c2SC2C3CC(C4C(=O)N(c5ccccc5C(F)(F)F)C(=O)C34)C21)N1CCCCC1. The van der Waals surface area contributed by atoms with Gasteiger partial charge >= 0.3 is 11.0 Å². The average molecular weight is 704 g/mol. The quantitative estimate of drug-likeness (QED) is 0.319. The summed E-state index contributed by atoms with van der Waals surface area (Å²) in [6, 6.07) is 9.85. The fourth-order valence-corrected chi connectivity index (χ4v) is 11.8. The van der Waals surface area contributed by atoms with E-state index in [-0.39, 0.29) is 40.4 Å². The van der Waals surface area contributed by atoms with Gasteiger partial charge < -0.3 is 14.6 Å². The highest BCUT2D eigenvalue weighted by atomic mass is 35.5. The van der Waals surface area contributed by atoms with Crippen LogP contribution in [0.15, 0.2) is 52.3 Å². The number of likely N-dealkylation sites (tertiary alicyclic amines) is 1. The van der Waals surface area contributed by atoms with Gasteiger partial charge in [-0.2, -0.15) is 13.2 Å². The van der Waals surface area contributed by atoms with Crippen LogP contribution >= 0.6 is 34.7 Å². The first kappa shape index (κ1) is 31.0. The molecule has 0 radical (unpaired) electrons. The Morgan fingerprint density at radius 2 is 1.72 bits per heavy atom. The second-order valence-corrected chi connectivity index (χ2v) is 15.5. The first-order valence-electron chi connectivity index (χ1n) is 15.7. The molecule has 5 aliphatic rings. The van der Waals surface area contributed by atoms with Gasteiger partial charge in [-0.25, -0.2) is 4.90 Å². The van der Waals surface area contributed by atoms with Gasteiger partial charge in [-0.15, -0.1) is 11.8 Å². The van der Waals surface area contributed by atoms with Crippen LogP contribution < -0.4 is 14.5 Å². The maximum absolute atomic E-state index is 14.1. The number of imide groups is 1. The van der Waals surface area contributed by atoms with Crippen molar-refractivity contribution in [3.05, 3.63) is 73.2 Å². The molecule has 2 aliphatic carbocycles. The molecule has 2 saturated heterocycles. The summed E-state index contributed by atoms with van der Waals surface area (Å²) in [5, 5.41) is 0.902. The number of H-pyrrole nitrogens is 1. The monoisotopic (exact) mass is 703 g/mol. The van der Waals surface area contributed by atoms with Crippen LogP contribution in [0, 0.1) is 29.6 Å². The molecule has 3 aromatic rings. The third-order valence-electron chi connectivity index (χ3n) is 10.5. The van der Waals surface area contributed by atoms with Gasteiger partial charge in [-0.1, -0.05) is 35.1 Å². The van der Waals surface area contributed by atoms with E-state index in [9.17, 15) is 32.3 Å². The number of para-hydroxylation sites is 1. The molecule has 47 heavy (non-hydrogen) atoms. The number of nitrogens with one attached hydrogen (secondary N) is 1. The van der Waals surface area contributed by atoms with E-state index in [4.69, 9.17) is 16.3 Å². The number of fused-ring (bicyclic) bond motifs is 9. The maximum atomic E-state index is 14.1. The highest BCUT2D eigenvalue weighted by Crippen LogP contribution is 2.69. The minimum Gasteiger partial charge on any atom is -0.483 e. The number of ether oxygens (including phenoxy) is 1. The minimum absolute atomic E-state index is 0.119. The summed E-state index contributed by atoms with van der Waals surface area (Å²) in [6.45, 7) is 1.20. The third kappa shape index (κ3) is 4.94. The lowest BCUT2D eigenvalue weighted by atomic mass is 9.68. The van der Waals surface area contributed by atoms with Crippen LogP contribution in [0.3, 0.4) is 0 Å². The molecule has 2 bridgehead atoms. The van der Waals surface area contributed by atoms with Crippen molar-refractivity contribution in [3.63, 3.8) is 0 Å². The predicted octanol–water partition coefficient (Wildman–Crippen LogP) is 6.18. The zero-order valence-electron chi connectivity index (χ0n) is 24.8. The number of thioether (sulfide) groups is 1. The predicted molar refractivity (Wildman–Crippen MR) is 170 cm³/mol. The highest BCUT2D eigenvalue weighted by molar-refractivity contribution is 8.00. The molecule has 246 valence electrons. The molecule has 0 spiro atoms. The number of hydrogen-bond acceptors (Lipinski definition) is 7. The third-order valence-corrected chi connectivity index (χ3v) is 13.4. The number of halogens is 4. The van der Waals surface area contributed by atoms with Gasteiger partial charge in [0.2, 0.25) is 11.8 Å². The van der Waals surface area contributed by atoms with Gasteiger partial charge in [0.1, 0.15) is 5.75 Å². The number of anilines is 1. The lowest BCUT2D eigenvalue weighted by Crippen LogP contribution is -2.43. The molecule has 7 atom stereocenters. The second-order valence-electron chi connectivity index (χ2n) is 12.9. The van der Waals surface area contributed by atoms with E-state index < -0.39 is 47.0 Å². The Balaban J connectivity index is 1.17. The van der Waals surface area contributed by atoms with Gasteiger partial charge in [-0.05, 0) is 73.8 Å². The van der Waals surface area contributed by atoms with Crippen molar-refractivity contribution >= 4 is 58.1 Å². The minimum atomic E-state index is -4.75. The molecule has 8 nitrogen and oxygen atoms in total. The van der Waals surface area contributed by atoms with Gasteiger partial charge in [-0.3, -0.25) is 19.2 Å². The summed E-state index contributed by atoms with van der Waals surface area (Å²) in [7, 11) is 0. The van der Waals surface area contributed by atoms with E-state index in [1.54, 1.807) is 23.1 Å². The molecular weight excluding hydrogens is 675 g/mol. The number of amides is 3. The van der Waals surface area contributed by atoms with Crippen LogP contribution in [0.1, 0.15) is 47.6 Å². The average Bonchev–Trinajstić information content (AvgIpc) is 3.79. The molecule has 1 N–H and O–H groups in total. The maximum Gasteiger partial charge on any atom is 0.418 e. The van der Waals surface area contributed by atoms with E-state index in [0.717, 1.165) is 46.4 Å². The molecule has 8 rings (SSSR count). The second kappa shape index (κ2) is 11.4. The van der Waals surface area contributed by atoms with Crippen LogP contribution in [0.4, 0.5) is 18.9 Å². The van der Waals surface area contributed by atoms with Crippen LogP contribution in [0.2, 0.25) is 5.02 Å². The van der Waals surface area contributed by atoms with E-state index >= 15 is 0 Å². The number of thiazole rings is 1. The molecular formula is C33H29ClF3N3O5S2. The zero-order chi connectivity index (χ0) is 32.8. The Kier molecular flexibility index (Phi) is 7.53. The first-order valence-corrected chi connectivity index (χ1v) is 17.7. The molecule has 14 heteroatoms. The number of carbonyl (C=O) groups is 3. The Bertz CT molecular complexity index is 1860. The lowest BCUT2D eigenvalue weighted by molar-refractivity contribution is -0.137. The fraction of sp³-hybridized carbons (Fsp3) is 0.455. The van der Waals surface area contributed by atoms with Crippen molar-refractivity contribution in [3.8, 4) is 5.75 Å². The standard InChI is InChI=1S/C33H29ClF3N3O5S2/c34-15-8-9-21(45-14-22(41)39-10-4-1-5-11-39)16(12-15)23-24-17-13-18(27(24)46-29-28(23)47-32(44)38-29)26-25(17)30(42)40(31(26)43)20-7-3-2-6-19(20)33(35,36)37/h2-3,6-9,12,17-18,23-27H,1,4-5,10-11,13-14H2,(H,38,44)/t17?,18?,23-,24?,25?,26?,27?/m1/s1. The summed E-state index contributed by atoms with van der Waals surface area (Å²) in [6.07, 6.45) is -1.21. The van der Waals surface area contributed by atoms with Crippen molar-refractivity contribution in [1.29, 1.82) is 0 Å². The number of hydrogen-bond donors (Lipinski definition) is 1. The molecule has 3 amide bonds. The Hall–Kier alpha value is -3.29. The summed E-state index contributed by atoms with van der Waals surface area (Å²) in [5.41, 5.74) is -0.794. The largest absolute Gasteiger partial charge is 0.483 e. The van der Waals surface area contributed by atoms with Gasteiger partial charge in [0.05, 0.1) is 28.1 Å². The zero-order valence-corrected chi connectivity index (χ0v) is 27.2. The van der Waals surface area contributed by atoms with E-state index in [1.165, 1.54) is 30.0 Å². The Labute approximate surface area is 280 Å². The van der Waals surface area contributed by atoms with Crippen LogP contribution in [-0.4, -0.2) is 52.6 Å². The summed E-state index contributed by atoms with van der Waals surface area (Å²) >= 11 is 9.08. The number of rotatable bonds is 5. The number of aromatic nitrogens is 1. The molecule has 4 fully saturated rings. The van der Waals surface area contributed by atoms with Gasteiger partial charge in [0, 0.05) is 39.7 Å². The van der Waals surface area contributed by atoms with E-state index in [0.29, 0.717) is 40.9 Å². The number of aromatic amines is 1.